The number of ketones is 1. The molecule has 0 aliphatic heterocycles. The average molecular weight is 374 g/mol. The molecule has 0 aliphatic rings. The van der Waals surface area contributed by atoms with Gasteiger partial charge in [-0.3, -0.25) is 9.59 Å². The first kappa shape index (κ1) is 19.7. The van der Waals surface area contributed by atoms with Gasteiger partial charge < -0.3 is 10.1 Å². The SMILES string of the molecule is CC(C)C(NC(=O)c1ccccc1Cl)C(=O)OCC(=O)c1ccccc1. The Morgan fingerprint density at radius 1 is 1.00 bits per heavy atom. The normalized spacial score (nSPS) is 11.7. The highest BCUT2D eigenvalue weighted by Crippen LogP contribution is 2.16. The van der Waals surface area contributed by atoms with Crippen LogP contribution in [0, 0.1) is 5.92 Å². The minimum absolute atomic E-state index is 0.222. The maximum atomic E-state index is 12.4. The highest BCUT2D eigenvalue weighted by molar-refractivity contribution is 6.33. The summed E-state index contributed by atoms with van der Waals surface area (Å²) < 4.78 is 5.11. The van der Waals surface area contributed by atoms with Crippen LogP contribution in [0.2, 0.25) is 5.02 Å². The number of amides is 1. The Labute approximate surface area is 157 Å². The molecule has 136 valence electrons. The zero-order chi connectivity index (χ0) is 19.1. The van der Waals surface area contributed by atoms with Crippen molar-refractivity contribution in [3.05, 3.63) is 70.7 Å². The van der Waals surface area contributed by atoms with E-state index in [-0.39, 0.29) is 23.9 Å². The topological polar surface area (TPSA) is 72.5 Å². The van der Waals surface area contributed by atoms with Crippen LogP contribution < -0.4 is 5.32 Å². The van der Waals surface area contributed by atoms with E-state index >= 15 is 0 Å². The molecule has 0 spiro atoms. The van der Waals surface area contributed by atoms with Gasteiger partial charge in [0.15, 0.2) is 12.4 Å². The van der Waals surface area contributed by atoms with Crippen molar-refractivity contribution in [2.45, 2.75) is 19.9 Å². The van der Waals surface area contributed by atoms with E-state index in [0.717, 1.165) is 0 Å². The molecule has 0 saturated carbocycles. The molecule has 5 nitrogen and oxygen atoms in total. The average Bonchev–Trinajstić information content (AvgIpc) is 2.64. The molecule has 0 bridgehead atoms. The number of nitrogens with one attached hydrogen (secondary N) is 1. The maximum Gasteiger partial charge on any atom is 0.329 e. The standard InChI is InChI=1S/C20H20ClNO4/c1-13(2)18(22-19(24)15-10-6-7-11-16(15)21)20(25)26-12-17(23)14-8-4-3-5-9-14/h3-11,13,18H,12H2,1-2H3,(H,22,24). The fourth-order valence-corrected chi connectivity index (χ4v) is 2.52. The maximum absolute atomic E-state index is 12.4. The van der Waals surface area contributed by atoms with Crippen LogP contribution in [0.5, 0.6) is 0 Å². The van der Waals surface area contributed by atoms with Crippen LogP contribution in [0.1, 0.15) is 34.6 Å². The number of ether oxygens (including phenoxy) is 1. The second-order valence-electron chi connectivity index (χ2n) is 6.07. The number of carbonyl (C=O) groups excluding carboxylic acids is 3. The van der Waals surface area contributed by atoms with Gasteiger partial charge in [0.05, 0.1) is 10.6 Å². The van der Waals surface area contributed by atoms with Gasteiger partial charge in [0.2, 0.25) is 0 Å². The third-order valence-corrected chi connectivity index (χ3v) is 4.10. The van der Waals surface area contributed by atoms with Crippen LogP contribution in [-0.4, -0.2) is 30.3 Å². The molecule has 2 aromatic rings. The van der Waals surface area contributed by atoms with Gasteiger partial charge in [-0.15, -0.1) is 0 Å². The smallest absolute Gasteiger partial charge is 0.329 e. The van der Waals surface area contributed by atoms with Crippen molar-refractivity contribution in [1.82, 2.24) is 5.32 Å². The molecular formula is C20H20ClNO4. The summed E-state index contributed by atoms with van der Waals surface area (Å²) in [7, 11) is 0. The first-order valence-electron chi connectivity index (χ1n) is 8.20. The van der Waals surface area contributed by atoms with E-state index in [1.165, 1.54) is 0 Å². The number of esters is 1. The van der Waals surface area contributed by atoms with Gasteiger partial charge in [0.25, 0.3) is 5.91 Å². The highest BCUT2D eigenvalue weighted by Gasteiger charge is 2.27. The van der Waals surface area contributed by atoms with E-state index in [4.69, 9.17) is 16.3 Å². The number of benzene rings is 2. The molecule has 26 heavy (non-hydrogen) atoms. The zero-order valence-electron chi connectivity index (χ0n) is 14.6. The van der Waals surface area contributed by atoms with E-state index in [1.54, 1.807) is 68.4 Å². The Morgan fingerprint density at radius 2 is 1.62 bits per heavy atom. The molecule has 1 N–H and O–H groups in total. The quantitative estimate of drug-likeness (QED) is 0.595. The molecule has 0 radical (unpaired) electrons. The summed E-state index contributed by atoms with van der Waals surface area (Å²) in [6, 6.07) is 14.2. The minimum Gasteiger partial charge on any atom is -0.456 e. The highest BCUT2D eigenvalue weighted by atomic mass is 35.5. The summed E-state index contributed by atoms with van der Waals surface area (Å²) in [5, 5.41) is 2.92. The molecule has 0 aromatic heterocycles. The van der Waals surface area contributed by atoms with Crippen molar-refractivity contribution in [2.24, 2.45) is 5.92 Å². The number of Topliss-reactive ketones (excluding diaryl/α,β-unsaturated/α-hetero) is 1. The van der Waals surface area contributed by atoms with Gasteiger partial charge in [0, 0.05) is 5.56 Å². The monoisotopic (exact) mass is 373 g/mol. The summed E-state index contributed by atoms with van der Waals surface area (Å²) >= 11 is 6.01. The van der Waals surface area contributed by atoms with Gasteiger partial charge in [-0.25, -0.2) is 4.79 Å². The summed E-state index contributed by atoms with van der Waals surface area (Å²) in [4.78, 5) is 36.8. The van der Waals surface area contributed by atoms with Crippen molar-refractivity contribution in [2.75, 3.05) is 6.61 Å². The van der Waals surface area contributed by atoms with Crippen molar-refractivity contribution >= 4 is 29.3 Å². The molecule has 0 aliphatic carbocycles. The molecule has 1 atom stereocenters. The Kier molecular flexibility index (Phi) is 6.92. The lowest BCUT2D eigenvalue weighted by molar-refractivity contribution is -0.145. The molecule has 0 saturated heterocycles. The second-order valence-corrected chi connectivity index (χ2v) is 6.48. The predicted octanol–water partition coefficient (Wildman–Crippen LogP) is 3.52. The van der Waals surface area contributed by atoms with E-state index in [0.29, 0.717) is 10.6 Å². The lowest BCUT2D eigenvalue weighted by Crippen LogP contribution is -2.45. The summed E-state index contributed by atoms with van der Waals surface area (Å²) in [6.45, 7) is 3.17. The molecular weight excluding hydrogens is 354 g/mol. The number of carbonyl (C=O) groups is 3. The number of rotatable bonds is 7. The molecule has 1 amide bonds. The van der Waals surface area contributed by atoms with E-state index < -0.39 is 17.9 Å². The molecule has 0 fully saturated rings. The fourth-order valence-electron chi connectivity index (χ4n) is 2.30. The van der Waals surface area contributed by atoms with Gasteiger partial charge in [-0.05, 0) is 18.1 Å². The van der Waals surface area contributed by atoms with E-state index in [9.17, 15) is 14.4 Å². The minimum atomic E-state index is -0.887. The Morgan fingerprint density at radius 3 is 2.23 bits per heavy atom. The first-order valence-corrected chi connectivity index (χ1v) is 8.58. The summed E-state index contributed by atoms with van der Waals surface area (Å²) in [5.41, 5.74) is 0.731. The Hall–Kier alpha value is -2.66. The van der Waals surface area contributed by atoms with Crippen LogP contribution in [0.25, 0.3) is 0 Å². The third kappa shape index (κ3) is 5.17. The van der Waals surface area contributed by atoms with E-state index in [2.05, 4.69) is 5.32 Å². The summed E-state index contributed by atoms with van der Waals surface area (Å²) in [6.07, 6.45) is 0. The number of hydrogen-bond donors (Lipinski definition) is 1. The van der Waals surface area contributed by atoms with Crippen LogP contribution in [0.3, 0.4) is 0 Å². The third-order valence-electron chi connectivity index (χ3n) is 3.77. The lowest BCUT2D eigenvalue weighted by atomic mass is 10.0. The van der Waals surface area contributed by atoms with Gasteiger partial charge in [-0.2, -0.15) is 0 Å². The molecule has 0 heterocycles. The second kappa shape index (κ2) is 9.15. The summed E-state index contributed by atoms with van der Waals surface area (Å²) in [5.74, 6) is -1.66. The largest absolute Gasteiger partial charge is 0.456 e. The van der Waals surface area contributed by atoms with Gasteiger partial charge in [-0.1, -0.05) is 67.9 Å². The zero-order valence-corrected chi connectivity index (χ0v) is 15.3. The predicted molar refractivity (Wildman–Crippen MR) is 99.3 cm³/mol. The molecule has 2 rings (SSSR count). The van der Waals surface area contributed by atoms with Crippen LogP contribution in [0.15, 0.2) is 54.6 Å². The van der Waals surface area contributed by atoms with Gasteiger partial charge in [0.1, 0.15) is 6.04 Å². The lowest BCUT2D eigenvalue weighted by Gasteiger charge is -2.21. The Balaban J connectivity index is 2.00. The molecule has 2 aromatic carbocycles. The molecule has 1 unspecified atom stereocenters. The van der Waals surface area contributed by atoms with Crippen molar-refractivity contribution in [3.63, 3.8) is 0 Å². The van der Waals surface area contributed by atoms with Crippen LogP contribution >= 0.6 is 11.6 Å². The van der Waals surface area contributed by atoms with Crippen LogP contribution in [0.4, 0.5) is 0 Å². The van der Waals surface area contributed by atoms with Crippen molar-refractivity contribution in [3.8, 4) is 0 Å². The number of hydrogen-bond acceptors (Lipinski definition) is 4. The van der Waals surface area contributed by atoms with E-state index in [1.807, 2.05) is 0 Å². The number of halogens is 1. The van der Waals surface area contributed by atoms with Crippen molar-refractivity contribution in [1.29, 1.82) is 0 Å². The molecule has 6 heteroatoms. The first-order chi connectivity index (χ1) is 12.4. The van der Waals surface area contributed by atoms with Crippen molar-refractivity contribution < 1.29 is 19.1 Å². The van der Waals surface area contributed by atoms with Crippen LogP contribution in [-0.2, 0) is 9.53 Å². The Bertz CT molecular complexity index is 789. The van der Waals surface area contributed by atoms with Gasteiger partial charge >= 0.3 is 5.97 Å². The fraction of sp³-hybridized carbons (Fsp3) is 0.250.